The Balaban J connectivity index is 2.13. The fraction of sp³-hybridized carbons (Fsp3) is 0.154. The molecule has 4 nitrogen and oxygen atoms in total. The molecule has 7 heteroatoms. The average Bonchev–Trinajstić information content (AvgIpc) is 2.41. The summed E-state index contributed by atoms with van der Waals surface area (Å²) >= 11 is 17.5. The van der Waals surface area contributed by atoms with Gasteiger partial charge in [-0.1, -0.05) is 40.9 Å². The van der Waals surface area contributed by atoms with Gasteiger partial charge in [0.2, 0.25) is 0 Å². The van der Waals surface area contributed by atoms with E-state index in [0.29, 0.717) is 10.0 Å². The topological polar surface area (TPSA) is 54.9 Å². The van der Waals surface area contributed by atoms with Gasteiger partial charge in [0.25, 0.3) is 5.91 Å². The number of benzene rings is 1. The molecule has 1 atom stereocenters. The van der Waals surface area contributed by atoms with Gasteiger partial charge in [0.15, 0.2) is 0 Å². The van der Waals surface area contributed by atoms with Crippen molar-refractivity contribution in [3.8, 4) is 0 Å². The predicted molar refractivity (Wildman–Crippen MR) is 79.4 cm³/mol. The van der Waals surface area contributed by atoms with E-state index in [4.69, 9.17) is 34.8 Å². The van der Waals surface area contributed by atoms with Crippen molar-refractivity contribution < 1.29 is 4.79 Å². The van der Waals surface area contributed by atoms with Crippen LogP contribution in [0.2, 0.25) is 15.2 Å². The van der Waals surface area contributed by atoms with Crippen LogP contribution in [-0.4, -0.2) is 15.9 Å². The van der Waals surface area contributed by atoms with Crippen LogP contribution in [0.4, 0.5) is 0 Å². The van der Waals surface area contributed by atoms with Gasteiger partial charge in [-0.2, -0.15) is 0 Å². The first-order valence-electron chi connectivity index (χ1n) is 5.70. The molecule has 1 aromatic heterocycles. The molecule has 0 saturated heterocycles. The summed E-state index contributed by atoms with van der Waals surface area (Å²) in [4.78, 5) is 19.7. The number of hydrogen-bond donors (Lipinski definition) is 1. The smallest absolute Gasteiger partial charge is 0.272 e. The summed E-state index contributed by atoms with van der Waals surface area (Å²) < 4.78 is 0. The van der Waals surface area contributed by atoms with E-state index in [1.165, 1.54) is 12.4 Å². The molecule has 2 rings (SSSR count). The maximum absolute atomic E-state index is 12.0. The zero-order valence-electron chi connectivity index (χ0n) is 10.4. The van der Waals surface area contributed by atoms with Gasteiger partial charge in [-0.3, -0.25) is 9.78 Å². The van der Waals surface area contributed by atoms with Gasteiger partial charge in [-0.15, -0.1) is 0 Å². The maximum Gasteiger partial charge on any atom is 0.272 e. The molecule has 1 amide bonds. The minimum atomic E-state index is -0.362. The van der Waals surface area contributed by atoms with Crippen LogP contribution < -0.4 is 5.32 Å². The Hall–Kier alpha value is -1.36. The number of nitrogens with one attached hydrogen (secondary N) is 1. The minimum Gasteiger partial charge on any atom is -0.344 e. The Morgan fingerprint density at radius 3 is 2.60 bits per heavy atom. The highest BCUT2D eigenvalue weighted by Crippen LogP contribution is 2.25. The standard InChI is InChI=1S/C13H10Cl3N3O/c1-7(8-2-3-9(14)10(15)4-8)18-13(20)11-5-17-6-12(16)19-11/h2-7H,1H3,(H,18,20). The Morgan fingerprint density at radius 1 is 1.20 bits per heavy atom. The fourth-order valence-corrected chi connectivity index (χ4v) is 2.04. The maximum atomic E-state index is 12.0. The number of halogens is 3. The van der Waals surface area contributed by atoms with E-state index < -0.39 is 0 Å². The lowest BCUT2D eigenvalue weighted by Gasteiger charge is -2.14. The van der Waals surface area contributed by atoms with E-state index >= 15 is 0 Å². The van der Waals surface area contributed by atoms with Crippen LogP contribution in [0.15, 0.2) is 30.6 Å². The van der Waals surface area contributed by atoms with E-state index in [-0.39, 0.29) is 22.8 Å². The first-order chi connectivity index (χ1) is 9.47. The summed E-state index contributed by atoms with van der Waals surface area (Å²) in [5.41, 5.74) is 0.993. The molecule has 0 aliphatic rings. The molecule has 20 heavy (non-hydrogen) atoms. The summed E-state index contributed by atoms with van der Waals surface area (Å²) in [7, 11) is 0. The van der Waals surface area contributed by atoms with Gasteiger partial charge >= 0.3 is 0 Å². The van der Waals surface area contributed by atoms with Crippen LogP contribution in [-0.2, 0) is 0 Å². The van der Waals surface area contributed by atoms with Crippen LogP contribution in [0, 0.1) is 0 Å². The average molecular weight is 331 g/mol. The van der Waals surface area contributed by atoms with Crippen molar-refractivity contribution in [2.24, 2.45) is 0 Å². The molecule has 0 aliphatic carbocycles. The van der Waals surface area contributed by atoms with Crippen LogP contribution in [0.5, 0.6) is 0 Å². The number of nitrogens with zero attached hydrogens (tertiary/aromatic N) is 2. The van der Waals surface area contributed by atoms with Crippen molar-refractivity contribution in [3.05, 3.63) is 57.0 Å². The van der Waals surface area contributed by atoms with Gasteiger partial charge in [0.1, 0.15) is 10.8 Å². The SMILES string of the molecule is CC(NC(=O)c1cncc(Cl)n1)c1ccc(Cl)c(Cl)c1. The highest BCUT2D eigenvalue weighted by molar-refractivity contribution is 6.42. The van der Waals surface area contributed by atoms with Gasteiger partial charge in [0, 0.05) is 0 Å². The largest absolute Gasteiger partial charge is 0.344 e. The summed E-state index contributed by atoms with van der Waals surface area (Å²) in [6.07, 6.45) is 2.71. The quantitative estimate of drug-likeness (QED) is 0.927. The first kappa shape index (κ1) is 15.0. The molecule has 0 saturated carbocycles. The third kappa shape index (κ3) is 3.60. The second-order valence-corrected chi connectivity index (χ2v) is 5.30. The van der Waals surface area contributed by atoms with Crippen LogP contribution in [0.3, 0.4) is 0 Å². The summed E-state index contributed by atoms with van der Waals surface area (Å²) in [5.74, 6) is -0.362. The minimum absolute atomic E-state index is 0.157. The van der Waals surface area contributed by atoms with Crippen molar-refractivity contribution in [3.63, 3.8) is 0 Å². The third-order valence-electron chi connectivity index (χ3n) is 2.63. The molecule has 1 N–H and O–H groups in total. The van der Waals surface area contributed by atoms with Crippen LogP contribution >= 0.6 is 34.8 Å². The van der Waals surface area contributed by atoms with Crippen LogP contribution in [0.1, 0.15) is 29.0 Å². The lowest BCUT2D eigenvalue weighted by molar-refractivity contribution is 0.0934. The van der Waals surface area contributed by atoms with Gasteiger partial charge < -0.3 is 5.32 Å². The molecule has 2 aromatic rings. The molecular weight excluding hydrogens is 321 g/mol. The molecule has 0 aliphatic heterocycles. The third-order valence-corrected chi connectivity index (χ3v) is 3.55. The molecule has 0 bridgehead atoms. The highest BCUT2D eigenvalue weighted by Gasteiger charge is 2.14. The lowest BCUT2D eigenvalue weighted by atomic mass is 10.1. The van der Waals surface area contributed by atoms with Crippen molar-refractivity contribution in [1.29, 1.82) is 0 Å². The lowest BCUT2D eigenvalue weighted by Crippen LogP contribution is -2.27. The summed E-state index contributed by atoms with van der Waals surface area (Å²) in [5, 5.41) is 3.86. The normalized spacial score (nSPS) is 12.0. The van der Waals surface area contributed by atoms with Crippen molar-refractivity contribution in [1.82, 2.24) is 15.3 Å². The second-order valence-electron chi connectivity index (χ2n) is 4.10. The Labute approximate surface area is 131 Å². The van der Waals surface area contributed by atoms with E-state index in [1.54, 1.807) is 18.2 Å². The van der Waals surface area contributed by atoms with Crippen LogP contribution in [0.25, 0.3) is 0 Å². The summed E-state index contributed by atoms with van der Waals surface area (Å²) in [6.45, 7) is 1.83. The predicted octanol–water partition coefficient (Wildman–Crippen LogP) is 3.93. The molecule has 104 valence electrons. The number of amides is 1. The number of aromatic nitrogens is 2. The Bertz CT molecular complexity index is 649. The number of carbonyl (C=O) groups is 1. The van der Waals surface area contributed by atoms with Gasteiger partial charge in [-0.25, -0.2) is 4.98 Å². The molecular formula is C13H10Cl3N3O. The molecule has 1 aromatic carbocycles. The summed E-state index contributed by atoms with van der Waals surface area (Å²) in [6, 6.07) is 4.93. The van der Waals surface area contributed by atoms with Gasteiger partial charge in [0.05, 0.1) is 28.5 Å². The van der Waals surface area contributed by atoms with Crippen molar-refractivity contribution >= 4 is 40.7 Å². The molecule has 0 spiro atoms. The monoisotopic (exact) mass is 329 g/mol. The number of hydrogen-bond acceptors (Lipinski definition) is 3. The fourth-order valence-electron chi connectivity index (χ4n) is 1.59. The molecule has 0 radical (unpaired) electrons. The van der Waals surface area contributed by atoms with Gasteiger partial charge in [-0.05, 0) is 24.6 Å². The molecule has 1 unspecified atom stereocenters. The Kier molecular flexibility index (Phi) is 4.81. The van der Waals surface area contributed by atoms with E-state index in [9.17, 15) is 4.79 Å². The van der Waals surface area contributed by atoms with E-state index in [0.717, 1.165) is 5.56 Å². The first-order valence-corrected chi connectivity index (χ1v) is 6.84. The second kappa shape index (κ2) is 6.39. The van der Waals surface area contributed by atoms with Crippen molar-refractivity contribution in [2.45, 2.75) is 13.0 Å². The number of rotatable bonds is 3. The van der Waals surface area contributed by atoms with E-state index in [2.05, 4.69) is 15.3 Å². The Morgan fingerprint density at radius 2 is 1.95 bits per heavy atom. The van der Waals surface area contributed by atoms with Crippen molar-refractivity contribution in [2.75, 3.05) is 0 Å². The number of carbonyl (C=O) groups excluding carboxylic acids is 1. The highest BCUT2D eigenvalue weighted by atomic mass is 35.5. The zero-order chi connectivity index (χ0) is 14.7. The zero-order valence-corrected chi connectivity index (χ0v) is 12.7. The molecule has 1 heterocycles. The molecule has 0 fully saturated rings. The van der Waals surface area contributed by atoms with E-state index in [1.807, 2.05) is 6.92 Å².